The van der Waals surface area contributed by atoms with Crippen molar-refractivity contribution >= 4 is 11.6 Å². The molecule has 1 aliphatic heterocycles. The normalized spacial score (nSPS) is 18.6. The Labute approximate surface area is 198 Å². The Balaban J connectivity index is 1.99. The molecule has 3 rings (SSSR count). The van der Waals surface area contributed by atoms with E-state index in [1.54, 1.807) is 12.1 Å². The quantitative estimate of drug-likeness (QED) is 0.406. The van der Waals surface area contributed by atoms with Crippen LogP contribution in [-0.4, -0.2) is 28.9 Å². The van der Waals surface area contributed by atoms with Gasteiger partial charge < -0.3 is 10.6 Å². The molecule has 0 saturated carbocycles. The summed E-state index contributed by atoms with van der Waals surface area (Å²) in [4.78, 5) is 0. The lowest BCUT2D eigenvalue weighted by atomic mass is 9.89. The van der Waals surface area contributed by atoms with Gasteiger partial charge in [-0.1, -0.05) is 39.0 Å². The van der Waals surface area contributed by atoms with Crippen molar-refractivity contribution in [3.05, 3.63) is 71.5 Å². The Morgan fingerprint density at radius 2 is 2.03 bits per heavy atom. The summed E-state index contributed by atoms with van der Waals surface area (Å²) in [6.45, 7) is 10.9. The van der Waals surface area contributed by atoms with Crippen LogP contribution in [0, 0.1) is 11.7 Å². The number of hydrogen-bond donors (Lipinski definition) is 2. The number of benzene rings is 1. The Hall–Kier alpha value is -2.66. The fourth-order valence-corrected chi connectivity index (χ4v) is 4.63. The van der Waals surface area contributed by atoms with Crippen molar-refractivity contribution in [2.45, 2.75) is 65.8 Å². The Morgan fingerprint density at radius 3 is 2.64 bits per heavy atom. The smallest absolute Gasteiger partial charge is 0.123 e. The maximum absolute atomic E-state index is 13.5. The van der Waals surface area contributed by atoms with Gasteiger partial charge in [-0.2, -0.15) is 5.10 Å². The second-order valence-electron chi connectivity index (χ2n) is 8.64. The third kappa shape index (κ3) is 6.23. The Kier molecular flexibility index (Phi) is 9.49. The Morgan fingerprint density at radius 1 is 1.24 bits per heavy atom. The lowest BCUT2D eigenvalue weighted by Gasteiger charge is -2.33. The van der Waals surface area contributed by atoms with Crippen LogP contribution in [0.5, 0.6) is 0 Å². The summed E-state index contributed by atoms with van der Waals surface area (Å²) in [6, 6.07) is 6.93. The van der Waals surface area contributed by atoms with Gasteiger partial charge in [0.1, 0.15) is 5.82 Å². The standard InChI is InChI=1S/C28H39FN4/c1-5-9-13-28-25(20-31-33(28)23-16-14-22(29)15-17-23)24(7-3)27(11-6-2)32-26(8-4)21-12-10-18-30-19-21/h7,9,11,13-17,20-21,26,30,32H,5-6,8,10,12,18-19H2,1-4H3/b13-9?,24-7+,27-11+. The topological polar surface area (TPSA) is 41.9 Å². The van der Waals surface area contributed by atoms with E-state index in [4.69, 9.17) is 5.10 Å². The van der Waals surface area contributed by atoms with Crippen LogP contribution in [-0.2, 0) is 0 Å². The molecule has 2 atom stereocenters. The molecule has 2 unspecified atom stereocenters. The van der Waals surface area contributed by atoms with Gasteiger partial charge in [-0.15, -0.1) is 0 Å². The molecular weight excluding hydrogens is 411 g/mol. The maximum Gasteiger partial charge on any atom is 0.123 e. The van der Waals surface area contributed by atoms with Crippen molar-refractivity contribution in [1.82, 2.24) is 20.4 Å². The van der Waals surface area contributed by atoms with Crippen molar-refractivity contribution in [3.8, 4) is 5.69 Å². The monoisotopic (exact) mass is 450 g/mol. The number of allylic oxidation sites excluding steroid dienone is 4. The lowest BCUT2D eigenvalue weighted by Crippen LogP contribution is -2.43. The second kappa shape index (κ2) is 12.5. The molecule has 1 aromatic carbocycles. The average molecular weight is 451 g/mol. The zero-order valence-electron chi connectivity index (χ0n) is 20.6. The summed E-state index contributed by atoms with van der Waals surface area (Å²) >= 11 is 0. The predicted octanol–water partition coefficient (Wildman–Crippen LogP) is 6.50. The molecule has 1 saturated heterocycles. The van der Waals surface area contributed by atoms with Gasteiger partial charge in [0.05, 0.1) is 17.6 Å². The molecule has 0 radical (unpaired) electrons. The fourth-order valence-electron chi connectivity index (χ4n) is 4.63. The molecule has 4 nitrogen and oxygen atoms in total. The first-order valence-electron chi connectivity index (χ1n) is 12.5. The molecule has 5 heteroatoms. The van der Waals surface area contributed by atoms with E-state index in [1.165, 1.54) is 30.7 Å². The van der Waals surface area contributed by atoms with Crippen LogP contribution < -0.4 is 10.6 Å². The van der Waals surface area contributed by atoms with Gasteiger partial charge in [-0.05, 0) is 88.4 Å². The van der Waals surface area contributed by atoms with E-state index in [0.29, 0.717) is 12.0 Å². The lowest BCUT2D eigenvalue weighted by molar-refractivity contribution is 0.292. The first-order valence-corrected chi connectivity index (χ1v) is 12.5. The van der Waals surface area contributed by atoms with Crippen molar-refractivity contribution in [2.75, 3.05) is 13.1 Å². The van der Waals surface area contributed by atoms with Crippen molar-refractivity contribution in [3.63, 3.8) is 0 Å². The maximum atomic E-state index is 13.5. The van der Waals surface area contributed by atoms with Crippen molar-refractivity contribution in [1.29, 1.82) is 0 Å². The molecule has 1 aliphatic rings. The number of aromatic nitrogens is 2. The highest BCUT2D eigenvalue weighted by molar-refractivity contribution is 5.82. The molecule has 1 fully saturated rings. The second-order valence-corrected chi connectivity index (χ2v) is 8.64. The first-order chi connectivity index (χ1) is 16.1. The highest BCUT2D eigenvalue weighted by Crippen LogP contribution is 2.30. The van der Waals surface area contributed by atoms with Crippen LogP contribution in [0.4, 0.5) is 4.39 Å². The van der Waals surface area contributed by atoms with Crippen LogP contribution >= 0.6 is 0 Å². The summed E-state index contributed by atoms with van der Waals surface area (Å²) in [5, 5.41) is 12.2. The summed E-state index contributed by atoms with van der Waals surface area (Å²) in [6.07, 6.45) is 16.1. The van der Waals surface area contributed by atoms with Crippen LogP contribution in [0.2, 0.25) is 0 Å². The van der Waals surface area contributed by atoms with Crippen LogP contribution in [0.1, 0.15) is 71.1 Å². The molecule has 178 valence electrons. The van der Waals surface area contributed by atoms with Gasteiger partial charge >= 0.3 is 0 Å². The first kappa shape index (κ1) is 25.0. The van der Waals surface area contributed by atoms with Gasteiger partial charge in [-0.25, -0.2) is 9.07 Å². The van der Waals surface area contributed by atoms with E-state index >= 15 is 0 Å². The van der Waals surface area contributed by atoms with Gasteiger partial charge in [0.25, 0.3) is 0 Å². The van der Waals surface area contributed by atoms with E-state index in [0.717, 1.165) is 54.9 Å². The number of nitrogens with one attached hydrogen (secondary N) is 2. The highest BCUT2D eigenvalue weighted by Gasteiger charge is 2.24. The minimum Gasteiger partial charge on any atom is -0.382 e. The summed E-state index contributed by atoms with van der Waals surface area (Å²) < 4.78 is 15.4. The molecule has 0 spiro atoms. The van der Waals surface area contributed by atoms with Crippen LogP contribution in [0.3, 0.4) is 0 Å². The van der Waals surface area contributed by atoms with E-state index < -0.39 is 0 Å². The third-order valence-electron chi connectivity index (χ3n) is 6.35. The van der Waals surface area contributed by atoms with E-state index in [9.17, 15) is 4.39 Å². The van der Waals surface area contributed by atoms with Gasteiger partial charge in [-0.3, -0.25) is 0 Å². The minimum atomic E-state index is -0.244. The van der Waals surface area contributed by atoms with E-state index in [2.05, 4.69) is 62.6 Å². The molecule has 0 bridgehead atoms. The molecule has 0 amide bonds. The molecule has 0 aliphatic carbocycles. The predicted molar refractivity (Wildman–Crippen MR) is 138 cm³/mol. The molecule has 2 heterocycles. The largest absolute Gasteiger partial charge is 0.382 e. The molecule has 33 heavy (non-hydrogen) atoms. The Bertz CT molecular complexity index is 962. The van der Waals surface area contributed by atoms with E-state index in [1.807, 2.05) is 10.9 Å². The fraction of sp³-hybridized carbons (Fsp3) is 0.464. The number of hydrogen-bond acceptors (Lipinski definition) is 3. The zero-order valence-corrected chi connectivity index (χ0v) is 20.6. The molecule has 2 aromatic rings. The average Bonchev–Trinajstić information content (AvgIpc) is 3.26. The highest BCUT2D eigenvalue weighted by atomic mass is 19.1. The number of halogens is 1. The molecule has 1 aromatic heterocycles. The van der Waals surface area contributed by atoms with Crippen molar-refractivity contribution < 1.29 is 4.39 Å². The summed E-state index contributed by atoms with van der Waals surface area (Å²) in [5.74, 6) is 0.384. The number of piperidine rings is 1. The molecule has 2 N–H and O–H groups in total. The molecular formula is C28H39FN4. The third-order valence-corrected chi connectivity index (χ3v) is 6.35. The number of rotatable bonds is 10. The van der Waals surface area contributed by atoms with Gasteiger partial charge in [0.2, 0.25) is 0 Å². The van der Waals surface area contributed by atoms with Gasteiger partial charge in [0.15, 0.2) is 0 Å². The summed E-state index contributed by atoms with van der Waals surface area (Å²) in [5.41, 5.74) is 5.26. The minimum absolute atomic E-state index is 0.244. The van der Waals surface area contributed by atoms with Gasteiger partial charge in [0, 0.05) is 22.9 Å². The summed E-state index contributed by atoms with van der Waals surface area (Å²) in [7, 11) is 0. The van der Waals surface area contributed by atoms with Crippen molar-refractivity contribution in [2.24, 2.45) is 5.92 Å². The van der Waals surface area contributed by atoms with Crippen LogP contribution in [0.15, 0.2) is 54.4 Å². The van der Waals surface area contributed by atoms with Crippen LogP contribution in [0.25, 0.3) is 17.3 Å². The zero-order chi connectivity index (χ0) is 23.6. The SMILES string of the molecule is C/C=C(/C(=C\CC)NC(CC)C1CCCNC1)c1cnn(-c2ccc(F)cc2)c1C=CCC. The van der Waals surface area contributed by atoms with E-state index in [-0.39, 0.29) is 5.82 Å². The number of nitrogens with zero attached hydrogens (tertiary/aromatic N) is 2.